The van der Waals surface area contributed by atoms with Crippen LogP contribution in [0.2, 0.25) is 0 Å². The van der Waals surface area contributed by atoms with Gasteiger partial charge in [-0.05, 0) is 48.7 Å². The van der Waals surface area contributed by atoms with Crippen LogP contribution in [-0.4, -0.2) is 0 Å². The molecule has 0 saturated carbocycles. The van der Waals surface area contributed by atoms with Crippen LogP contribution in [0, 0.1) is 19.7 Å². The van der Waals surface area contributed by atoms with E-state index in [1.807, 2.05) is 26.0 Å². The van der Waals surface area contributed by atoms with Crippen LogP contribution in [0.5, 0.6) is 0 Å². The summed E-state index contributed by atoms with van der Waals surface area (Å²) in [6, 6.07) is 7.94. The third kappa shape index (κ3) is 3.46. The number of hydrogen-bond acceptors (Lipinski definition) is 0. The van der Waals surface area contributed by atoms with E-state index in [-0.39, 0.29) is 5.56 Å². The predicted molar refractivity (Wildman–Crippen MR) is 78.1 cm³/mol. The lowest BCUT2D eigenvalue weighted by atomic mass is 9.98. The second-order valence-electron chi connectivity index (χ2n) is 4.94. The second-order valence-corrected chi connectivity index (χ2v) is 5.86. The molecule has 0 fully saturated rings. The normalized spacial score (nSPS) is 13.3. The highest BCUT2D eigenvalue weighted by molar-refractivity contribution is 9.09. The fraction of sp³-hybridized carbons (Fsp3) is 0.250. The summed E-state index contributed by atoms with van der Waals surface area (Å²) in [7, 11) is 0. The molecule has 0 radical (unpaired) electrons. The Morgan fingerprint density at radius 2 is 1.62 bits per heavy atom. The van der Waals surface area contributed by atoms with Gasteiger partial charge in [0.05, 0.1) is 10.4 Å². The van der Waals surface area contributed by atoms with Crippen molar-refractivity contribution in [2.45, 2.75) is 24.9 Å². The Balaban J connectivity index is 2.47. The lowest BCUT2D eigenvalue weighted by Crippen LogP contribution is -2.07. The van der Waals surface area contributed by atoms with E-state index in [2.05, 4.69) is 15.9 Å². The molecule has 112 valence electrons. The first-order chi connectivity index (χ1) is 9.70. The lowest BCUT2D eigenvalue weighted by molar-refractivity contribution is -0.137. The van der Waals surface area contributed by atoms with Gasteiger partial charge in [-0.1, -0.05) is 34.1 Å². The fourth-order valence-electron chi connectivity index (χ4n) is 2.02. The third-order valence-corrected chi connectivity index (χ3v) is 4.44. The van der Waals surface area contributed by atoms with E-state index >= 15 is 0 Å². The van der Waals surface area contributed by atoms with Crippen molar-refractivity contribution in [1.82, 2.24) is 0 Å². The molecule has 21 heavy (non-hydrogen) atoms. The summed E-state index contributed by atoms with van der Waals surface area (Å²) < 4.78 is 52.1. The van der Waals surface area contributed by atoms with Crippen LogP contribution in [0.3, 0.4) is 0 Å². The van der Waals surface area contributed by atoms with Crippen molar-refractivity contribution in [2.24, 2.45) is 0 Å². The zero-order valence-corrected chi connectivity index (χ0v) is 13.0. The van der Waals surface area contributed by atoms with Gasteiger partial charge in [-0.2, -0.15) is 13.2 Å². The molecule has 1 unspecified atom stereocenters. The minimum atomic E-state index is -4.49. The fourth-order valence-corrected chi connectivity index (χ4v) is 2.65. The average molecular weight is 361 g/mol. The quantitative estimate of drug-likeness (QED) is 0.458. The van der Waals surface area contributed by atoms with Crippen LogP contribution in [0.25, 0.3) is 0 Å². The molecule has 0 spiro atoms. The van der Waals surface area contributed by atoms with E-state index in [0.29, 0.717) is 0 Å². The molecule has 0 aliphatic heterocycles. The Hall–Kier alpha value is -1.36. The molecule has 0 heterocycles. The van der Waals surface area contributed by atoms with E-state index in [1.165, 1.54) is 0 Å². The number of alkyl halides is 4. The van der Waals surface area contributed by atoms with Gasteiger partial charge in [-0.3, -0.25) is 0 Å². The number of aryl methyl sites for hydroxylation is 2. The van der Waals surface area contributed by atoms with E-state index in [1.54, 1.807) is 6.07 Å². The van der Waals surface area contributed by atoms with Crippen LogP contribution >= 0.6 is 15.9 Å². The van der Waals surface area contributed by atoms with Gasteiger partial charge < -0.3 is 0 Å². The number of rotatable bonds is 2. The summed E-state index contributed by atoms with van der Waals surface area (Å²) in [5.41, 5.74) is 1.92. The van der Waals surface area contributed by atoms with Crippen molar-refractivity contribution in [1.29, 1.82) is 0 Å². The van der Waals surface area contributed by atoms with E-state index < -0.39 is 22.4 Å². The maximum absolute atomic E-state index is 13.9. The second kappa shape index (κ2) is 5.79. The molecule has 0 aliphatic rings. The SMILES string of the molecule is Cc1ccc(C(Br)c2cc(C(F)(F)F)ccc2F)cc1C. The van der Waals surface area contributed by atoms with Crippen LogP contribution in [0.4, 0.5) is 17.6 Å². The summed E-state index contributed by atoms with van der Waals surface area (Å²) in [6.07, 6.45) is -4.49. The molecule has 0 N–H and O–H groups in total. The van der Waals surface area contributed by atoms with Gasteiger partial charge in [-0.25, -0.2) is 4.39 Å². The minimum absolute atomic E-state index is 0.0203. The van der Waals surface area contributed by atoms with E-state index in [9.17, 15) is 17.6 Å². The Morgan fingerprint density at radius 3 is 2.19 bits per heavy atom. The van der Waals surface area contributed by atoms with Gasteiger partial charge in [0, 0.05) is 5.56 Å². The zero-order valence-electron chi connectivity index (χ0n) is 11.4. The van der Waals surface area contributed by atoms with Gasteiger partial charge in [-0.15, -0.1) is 0 Å². The highest BCUT2D eigenvalue weighted by Crippen LogP contribution is 2.37. The van der Waals surface area contributed by atoms with Crippen molar-refractivity contribution in [3.8, 4) is 0 Å². The molecule has 1 atom stereocenters. The monoisotopic (exact) mass is 360 g/mol. The Bertz CT molecular complexity index is 662. The minimum Gasteiger partial charge on any atom is -0.207 e. The first-order valence-electron chi connectivity index (χ1n) is 6.28. The van der Waals surface area contributed by atoms with E-state index in [0.717, 1.165) is 34.9 Å². The molecule has 2 aromatic rings. The largest absolute Gasteiger partial charge is 0.416 e. The molecular weight excluding hydrogens is 348 g/mol. The van der Waals surface area contributed by atoms with Gasteiger partial charge in [0.25, 0.3) is 0 Å². The molecule has 0 aliphatic carbocycles. The van der Waals surface area contributed by atoms with Crippen LogP contribution in [-0.2, 0) is 6.18 Å². The van der Waals surface area contributed by atoms with Crippen molar-refractivity contribution in [3.63, 3.8) is 0 Å². The maximum atomic E-state index is 13.9. The topological polar surface area (TPSA) is 0 Å². The molecule has 0 nitrogen and oxygen atoms in total. The summed E-state index contributed by atoms with van der Waals surface area (Å²) in [5.74, 6) is -0.664. The number of benzene rings is 2. The molecule has 2 aromatic carbocycles. The highest BCUT2D eigenvalue weighted by atomic mass is 79.9. The lowest BCUT2D eigenvalue weighted by Gasteiger charge is -2.15. The Morgan fingerprint density at radius 1 is 0.952 bits per heavy atom. The van der Waals surface area contributed by atoms with Gasteiger partial charge in [0.2, 0.25) is 0 Å². The third-order valence-electron chi connectivity index (χ3n) is 3.42. The average Bonchev–Trinajstić information content (AvgIpc) is 2.40. The Kier molecular flexibility index (Phi) is 4.42. The molecule has 0 aromatic heterocycles. The molecule has 5 heteroatoms. The van der Waals surface area contributed by atoms with Crippen LogP contribution in [0.1, 0.15) is 32.6 Å². The van der Waals surface area contributed by atoms with Gasteiger partial charge in [0.1, 0.15) is 5.82 Å². The van der Waals surface area contributed by atoms with E-state index in [4.69, 9.17) is 0 Å². The predicted octanol–water partition coefficient (Wildman–Crippen LogP) is 5.95. The molecule has 0 bridgehead atoms. The van der Waals surface area contributed by atoms with Crippen LogP contribution < -0.4 is 0 Å². The van der Waals surface area contributed by atoms with Crippen molar-refractivity contribution in [2.75, 3.05) is 0 Å². The van der Waals surface area contributed by atoms with Gasteiger partial charge in [0.15, 0.2) is 0 Å². The molecule has 0 saturated heterocycles. The smallest absolute Gasteiger partial charge is 0.207 e. The molecule has 2 rings (SSSR count). The van der Waals surface area contributed by atoms with Crippen molar-refractivity contribution < 1.29 is 17.6 Å². The maximum Gasteiger partial charge on any atom is 0.416 e. The summed E-state index contributed by atoms with van der Waals surface area (Å²) >= 11 is 3.30. The van der Waals surface area contributed by atoms with Gasteiger partial charge >= 0.3 is 6.18 Å². The standard InChI is InChI=1S/C16H13BrF4/c1-9-3-4-11(7-10(9)2)15(17)13-8-12(16(19,20)21)5-6-14(13)18/h3-8,15H,1-2H3. The highest BCUT2D eigenvalue weighted by Gasteiger charge is 2.32. The molecule has 0 amide bonds. The zero-order chi connectivity index (χ0) is 15.8. The van der Waals surface area contributed by atoms with Crippen molar-refractivity contribution >= 4 is 15.9 Å². The first kappa shape index (κ1) is 16.0. The molecular formula is C16H13BrF4. The number of hydrogen-bond donors (Lipinski definition) is 0. The summed E-state index contributed by atoms with van der Waals surface area (Å²) in [6.45, 7) is 3.84. The number of halogens is 5. The summed E-state index contributed by atoms with van der Waals surface area (Å²) in [5, 5.41) is 0. The Labute approximate surface area is 128 Å². The first-order valence-corrected chi connectivity index (χ1v) is 7.19. The summed E-state index contributed by atoms with van der Waals surface area (Å²) in [4.78, 5) is -0.626. The van der Waals surface area contributed by atoms with Crippen LogP contribution in [0.15, 0.2) is 36.4 Å². The van der Waals surface area contributed by atoms with Crippen molar-refractivity contribution in [3.05, 3.63) is 70.0 Å².